The lowest BCUT2D eigenvalue weighted by Gasteiger charge is -2.09. The second-order valence-corrected chi connectivity index (χ2v) is 7.21. The van der Waals surface area contributed by atoms with E-state index >= 15 is 0 Å². The molecule has 4 heterocycles. The van der Waals surface area contributed by atoms with Crippen LogP contribution in [0.4, 0.5) is 11.6 Å². The monoisotopic (exact) mass is 387 g/mol. The van der Waals surface area contributed by atoms with Crippen molar-refractivity contribution in [3.05, 3.63) is 59.9 Å². The van der Waals surface area contributed by atoms with Crippen LogP contribution in [0.3, 0.4) is 0 Å². The fourth-order valence-electron chi connectivity index (χ4n) is 3.27. The van der Waals surface area contributed by atoms with Crippen LogP contribution in [0, 0.1) is 0 Å². The molecule has 0 aliphatic heterocycles. The van der Waals surface area contributed by atoms with Gasteiger partial charge in [-0.1, -0.05) is 18.2 Å². The van der Waals surface area contributed by atoms with Crippen LogP contribution in [-0.4, -0.2) is 31.5 Å². The van der Waals surface area contributed by atoms with Crippen LogP contribution in [0.5, 0.6) is 0 Å². The molecule has 0 saturated carbocycles. The SMILES string of the molecule is Nc1ncccc1-c1nc(NCCc2c[nH]c3ccccc23)c2ncsc2n1. The van der Waals surface area contributed by atoms with Gasteiger partial charge in [0.05, 0.1) is 11.1 Å². The summed E-state index contributed by atoms with van der Waals surface area (Å²) in [7, 11) is 0. The first-order valence-corrected chi connectivity index (χ1v) is 9.78. The molecule has 7 nitrogen and oxygen atoms in total. The molecule has 0 radical (unpaired) electrons. The summed E-state index contributed by atoms with van der Waals surface area (Å²) in [6.45, 7) is 0.730. The molecular weight excluding hydrogens is 370 g/mol. The Hall–Kier alpha value is -3.52. The Morgan fingerprint density at radius 2 is 2.00 bits per heavy atom. The molecule has 0 atom stereocenters. The quantitative estimate of drug-likeness (QED) is 0.423. The maximum Gasteiger partial charge on any atom is 0.166 e. The van der Waals surface area contributed by atoms with E-state index in [1.54, 1.807) is 11.7 Å². The van der Waals surface area contributed by atoms with E-state index in [2.05, 4.69) is 54.6 Å². The minimum atomic E-state index is 0.413. The molecule has 8 heteroatoms. The molecule has 0 aliphatic carbocycles. The number of para-hydroxylation sites is 1. The Bertz CT molecular complexity index is 1270. The molecule has 0 fully saturated rings. The van der Waals surface area contributed by atoms with Gasteiger partial charge in [0, 0.05) is 29.8 Å². The minimum absolute atomic E-state index is 0.413. The third-order valence-corrected chi connectivity index (χ3v) is 5.36. The van der Waals surface area contributed by atoms with Crippen molar-refractivity contribution in [1.82, 2.24) is 24.9 Å². The number of pyridine rings is 1. The summed E-state index contributed by atoms with van der Waals surface area (Å²) < 4.78 is 0. The number of H-pyrrole nitrogens is 1. The van der Waals surface area contributed by atoms with Gasteiger partial charge in [0.25, 0.3) is 0 Å². The summed E-state index contributed by atoms with van der Waals surface area (Å²) in [5.41, 5.74) is 11.7. The number of aromatic nitrogens is 5. The standard InChI is InChI=1S/C20H17N7S/c21-17-14(5-3-8-22-17)18-26-19(16-20(27-18)28-11-25-16)23-9-7-12-10-24-15-6-2-1-4-13(12)15/h1-6,8,10-11,24H,7,9H2,(H2,21,22)(H,23,26,27). The molecule has 4 N–H and O–H groups in total. The first-order chi connectivity index (χ1) is 13.8. The van der Waals surface area contributed by atoms with E-state index in [1.165, 1.54) is 22.3 Å². The molecule has 0 spiro atoms. The second kappa shape index (κ2) is 6.90. The first kappa shape index (κ1) is 16.6. The van der Waals surface area contributed by atoms with Gasteiger partial charge in [0.1, 0.15) is 16.2 Å². The van der Waals surface area contributed by atoms with Crippen LogP contribution < -0.4 is 11.1 Å². The lowest BCUT2D eigenvalue weighted by Crippen LogP contribution is -2.08. The van der Waals surface area contributed by atoms with E-state index in [4.69, 9.17) is 5.73 Å². The predicted octanol–water partition coefficient (Wildman–Crippen LogP) is 3.87. The number of hydrogen-bond acceptors (Lipinski definition) is 7. The highest BCUT2D eigenvalue weighted by molar-refractivity contribution is 7.16. The lowest BCUT2D eigenvalue weighted by atomic mass is 10.1. The van der Waals surface area contributed by atoms with Crippen LogP contribution in [0.15, 0.2) is 54.3 Å². The zero-order valence-corrected chi connectivity index (χ0v) is 15.7. The lowest BCUT2D eigenvalue weighted by molar-refractivity contribution is 1.01. The molecule has 0 amide bonds. The van der Waals surface area contributed by atoms with Crippen LogP contribution in [-0.2, 0) is 6.42 Å². The summed E-state index contributed by atoms with van der Waals surface area (Å²) in [5, 5.41) is 4.67. The highest BCUT2D eigenvalue weighted by Crippen LogP contribution is 2.28. The fourth-order valence-corrected chi connectivity index (χ4v) is 3.92. The Morgan fingerprint density at radius 3 is 2.93 bits per heavy atom. The third kappa shape index (κ3) is 2.93. The third-order valence-electron chi connectivity index (χ3n) is 4.64. The summed E-state index contributed by atoms with van der Waals surface area (Å²) in [6.07, 6.45) is 4.58. The van der Waals surface area contributed by atoms with Crippen molar-refractivity contribution in [3.63, 3.8) is 0 Å². The number of nitrogens with two attached hydrogens (primary N) is 1. The van der Waals surface area contributed by atoms with E-state index in [0.29, 0.717) is 17.5 Å². The summed E-state index contributed by atoms with van der Waals surface area (Å²) in [5.74, 6) is 1.68. The van der Waals surface area contributed by atoms with Gasteiger partial charge in [-0.15, -0.1) is 11.3 Å². The van der Waals surface area contributed by atoms with Crippen LogP contribution in [0.1, 0.15) is 5.56 Å². The molecular formula is C20H17N7S. The Kier molecular flexibility index (Phi) is 4.10. The number of nitrogen functional groups attached to an aromatic ring is 1. The van der Waals surface area contributed by atoms with Crippen molar-refractivity contribution in [2.75, 3.05) is 17.6 Å². The summed E-state index contributed by atoms with van der Waals surface area (Å²) in [4.78, 5) is 22.0. The molecule has 0 aliphatic rings. The number of aromatic amines is 1. The van der Waals surface area contributed by atoms with Crippen LogP contribution in [0.25, 0.3) is 32.6 Å². The number of nitrogens with one attached hydrogen (secondary N) is 2. The second-order valence-electron chi connectivity index (χ2n) is 6.37. The zero-order valence-electron chi connectivity index (χ0n) is 14.9. The van der Waals surface area contributed by atoms with E-state index in [1.807, 2.05) is 18.2 Å². The van der Waals surface area contributed by atoms with Gasteiger partial charge < -0.3 is 16.0 Å². The number of rotatable bonds is 5. The number of thiazole rings is 1. The zero-order chi connectivity index (χ0) is 18.9. The largest absolute Gasteiger partial charge is 0.383 e. The van der Waals surface area contributed by atoms with Gasteiger partial charge in [-0.2, -0.15) is 0 Å². The van der Waals surface area contributed by atoms with E-state index in [-0.39, 0.29) is 0 Å². The molecule has 138 valence electrons. The topological polar surface area (TPSA) is 105 Å². The van der Waals surface area contributed by atoms with Gasteiger partial charge in [0.15, 0.2) is 11.6 Å². The number of hydrogen-bond donors (Lipinski definition) is 3. The van der Waals surface area contributed by atoms with Crippen LogP contribution in [0.2, 0.25) is 0 Å². The molecule has 0 unspecified atom stereocenters. The summed E-state index contributed by atoms with van der Waals surface area (Å²) in [6, 6.07) is 12.0. The number of anilines is 2. The van der Waals surface area contributed by atoms with Gasteiger partial charge in [0.2, 0.25) is 0 Å². The smallest absolute Gasteiger partial charge is 0.166 e. The molecule has 0 bridgehead atoms. The molecule has 1 aromatic carbocycles. The molecule has 28 heavy (non-hydrogen) atoms. The maximum absolute atomic E-state index is 6.01. The Balaban J connectivity index is 1.44. The number of nitrogens with zero attached hydrogens (tertiary/aromatic N) is 4. The average molecular weight is 387 g/mol. The van der Waals surface area contributed by atoms with E-state index < -0.39 is 0 Å². The van der Waals surface area contributed by atoms with Gasteiger partial charge >= 0.3 is 0 Å². The molecule has 0 saturated heterocycles. The van der Waals surface area contributed by atoms with Crippen molar-refractivity contribution < 1.29 is 0 Å². The normalized spacial score (nSPS) is 11.3. The molecule has 5 aromatic rings. The first-order valence-electron chi connectivity index (χ1n) is 8.90. The molecule has 4 aromatic heterocycles. The fraction of sp³-hybridized carbons (Fsp3) is 0.100. The van der Waals surface area contributed by atoms with Crippen molar-refractivity contribution in [2.24, 2.45) is 0 Å². The van der Waals surface area contributed by atoms with Crippen molar-refractivity contribution in [2.45, 2.75) is 6.42 Å². The van der Waals surface area contributed by atoms with Crippen molar-refractivity contribution in [1.29, 1.82) is 0 Å². The molecule has 5 rings (SSSR count). The minimum Gasteiger partial charge on any atom is -0.383 e. The van der Waals surface area contributed by atoms with Crippen molar-refractivity contribution in [3.8, 4) is 11.4 Å². The number of benzene rings is 1. The van der Waals surface area contributed by atoms with Gasteiger partial charge in [-0.3, -0.25) is 0 Å². The Morgan fingerprint density at radius 1 is 1.07 bits per heavy atom. The summed E-state index contributed by atoms with van der Waals surface area (Å²) >= 11 is 1.48. The van der Waals surface area contributed by atoms with Crippen LogP contribution >= 0.6 is 11.3 Å². The Labute approximate surface area is 164 Å². The van der Waals surface area contributed by atoms with Crippen molar-refractivity contribution >= 4 is 44.2 Å². The predicted molar refractivity (Wildman–Crippen MR) is 113 cm³/mol. The van der Waals surface area contributed by atoms with E-state index in [9.17, 15) is 0 Å². The van der Waals surface area contributed by atoms with E-state index in [0.717, 1.165) is 34.4 Å². The highest BCUT2D eigenvalue weighted by Gasteiger charge is 2.14. The maximum atomic E-state index is 6.01. The van der Waals surface area contributed by atoms with Gasteiger partial charge in [-0.05, 0) is 30.2 Å². The number of fused-ring (bicyclic) bond motifs is 2. The van der Waals surface area contributed by atoms with Gasteiger partial charge in [-0.25, -0.2) is 19.9 Å². The highest BCUT2D eigenvalue weighted by atomic mass is 32.1. The average Bonchev–Trinajstić information content (AvgIpc) is 3.35.